The van der Waals surface area contributed by atoms with E-state index in [9.17, 15) is 8.42 Å². The van der Waals surface area contributed by atoms with Crippen molar-refractivity contribution in [1.29, 1.82) is 0 Å². The van der Waals surface area contributed by atoms with E-state index in [-0.39, 0.29) is 11.0 Å². The molecule has 0 spiro atoms. The lowest BCUT2D eigenvalue weighted by Gasteiger charge is -1.99. The Hall–Kier alpha value is -0.380. The van der Waals surface area contributed by atoms with E-state index in [2.05, 4.69) is 37.8 Å². The zero-order chi connectivity index (χ0) is 12.6. The molecule has 0 saturated heterocycles. The summed E-state index contributed by atoms with van der Waals surface area (Å²) in [5, 5.41) is 6.19. The third-order valence-corrected chi connectivity index (χ3v) is 4.12. The summed E-state index contributed by atoms with van der Waals surface area (Å²) < 4.78 is 22.9. The van der Waals surface area contributed by atoms with Gasteiger partial charge in [-0.25, -0.2) is 13.5 Å². The molecule has 0 aliphatic heterocycles. The summed E-state index contributed by atoms with van der Waals surface area (Å²) in [5.74, 6) is 0.233. The number of hydrogen-bond acceptors (Lipinski definition) is 4. The van der Waals surface area contributed by atoms with E-state index in [1.807, 2.05) is 0 Å². The summed E-state index contributed by atoms with van der Waals surface area (Å²) in [6.45, 7) is 0. The van der Waals surface area contributed by atoms with Crippen LogP contribution < -0.4 is 0 Å². The fourth-order valence-electron chi connectivity index (χ4n) is 1.15. The number of nitrogens with zero attached hydrogens (tertiary/aromatic N) is 2. The lowest BCUT2D eigenvalue weighted by Crippen LogP contribution is -1.93. The van der Waals surface area contributed by atoms with Gasteiger partial charge >= 0.3 is 0 Å². The molecule has 0 fully saturated rings. The van der Waals surface area contributed by atoms with E-state index in [4.69, 9.17) is 22.3 Å². The first-order valence-corrected chi connectivity index (χ1v) is 7.97. The molecule has 2 aromatic rings. The molecule has 1 N–H and O–H groups in total. The monoisotopic (exact) mass is 403 g/mol. The van der Waals surface area contributed by atoms with Crippen molar-refractivity contribution in [1.82, 2.24) is 15.2 Å². The molecule has 0 atom stereocenters. The number of hydrogen-bond donors (Lipinski definition) is 1. The van der Waals surface area contributed by atoms with Crippen molar-refractivity contribution in [3.63, 3.8) is 0 Å². The molecular formula is C8H4Cl2IN3O2S. The van der Waals surface area contributed by atoms with Gasteiger partial charge in [-0.2, -0.15) is 10.1 Å². The van der Waals surface area contributed by atoms with Gasteiger partial charge in [0.25, 0.3) is 14.2 Å². The second-order valence-corrected chi connectivity index (χ2v) is 7.11. The van der Waals surface area contributed by atoms with Crippen molar-refractivity contribution in [2.75, 3.05) is 0 Å². The predicted octanol–water partition coefficient (Wildman–Crippen LogP) is 2.66. The molecule has 0 radical (unpaired) electrons. The van der Waals surface area contributed by atoms with Crippen LogP contribution in [0.25, 0.3) is 11.4 Å². The fourth-order valence-corrected chi connectivity index (χ4v) is 2.45. The number of nitrogens with one attached hydrogen (secondary N) is 1. The quantitative estimate of drug-likeness (QED) is 0.617. The maximum atomic E-state index is 11.0. The first-order valence-electron chi connectivity index (χ1n) is 4.20. The van der Waals surface area contributed by atoms with Crippen LogP contribution in [0.5, 0.6) is 0 Å². The number of H-pyrrole nitrogens is 1. The minimum Gasteiger partial charge on any atom is -0.248 e. The Morgan fingerprint density at radius 3 is 2.65 bits per heavy atom. The molecule has 2 rings (SSSR count). The predicted molar refractivity (Wildman–Crippen MR) is 72.6 cm³/mol. The number of benzene rings is 1. The Balaban J connectivity index is 2.55. The minimum atomic E-state index is -3.91. The molecule has 17 heavy (non-hydrogen) atoms. The minimum absolute atomic E-state index is 0.233. The SMILES string of the molecule is O=S(=O)(Cl)c1nc(-c2cc(Cl)ccc2I)n[nH]1. The van der Waals surface area contributed by atoms with Gasteiger partial charge in [-0.3, -0.25) is 0 Å². The molecule has 1 heterocycles. The van der Waals surface area contributed by atoms with Crippen molar-refractivity contribution in [3.8, 4) is 11.4 Å². The molecule has 5 nitrogen and oxygen atoms in total. The van der Waals surface area contributed by atoms with E-state index in [1.54, 1.807) is 18.2 Å². The second-order valence-electron chi connectivity index (χ2n) is 3.03. The lowest BCUT2D eigenvalue weighted by atomic mass is 10.2. The van der Waals surface area contributed by atoms with Crippen molar-refractivity contribution in [2.24, 2.45) is 0 Å². The van der Waals surface area contributed by atoms with Gasteiger partial charge in [0, 0.05) is 24.8 Å². The third kappa shape index (κ3) is 2.90. The van der Waals surface area contributed by atoms with Crippen LogP contribution in [-0.2, 0) is 9.05 Å². The van der Waals surface area contributed by atoms with Crippen molar-refractivity contribution < 1.29 is 8.42 Å². The number of halogens is 3. The Bertz CT molecular complexity index is 671. The summed E-state index contributed by atoms with van der Waals surface area (Å²) in [7, 11) is 1.24. The van der Waals surface area contributed by atoms with E-state index in [0.717, 1.165) is 3.57 Å². The Morgan fingerprint density at radius 1 is 1.35 bits per heavy atom. The van der Waals surface area contributed by atoms with Crippen molar-refractivity contribution >= 4 is 53.9 Å². The molecule has 9 heteroatoms. The maximum Gasteiger partial charge on any atom is 0.296 e. The van der Waals surface area contributed by atoms with Crippen LogP contribution in [0.1, 0.15) is 0 Å². The molecule has 1 aromatic carbocycles. The normalized spacial score (nSPS) is 11.7. The van der Waals surface area contributed by atoms with Gasteiger partial charge in [0.1, 0.15) is 0 Å². The van der Waals surface area contributed by atoms with Gasteiger partial charge in [-0.15, -0.1) is 0 Å². The van der Waals surface area contributed by atoms with Crippen LogP contribution in [-0.4, -0.2) is 23.6 Å². The largest absolute Gasteiger partial charge is 0.296 e. The summed E-state index contributed by atoms with van der Waals surface area (Å²) in [6.07, 6.45) is 0. The van der Waals surface area contributed by atoms with Gasteiger partial charge in [0.15, 0.2) is 5.82 Å². The number of aromatic nitrogens is 3. The van der Waals surface area contributed by atoms with Gasteiger partial charge in [0.05, 0.1) is 0 Å². The zero-order valence-corrected chi connectivity index (χ0v) is 12.5. The van der Waals surface area contributed by atoms with E-state index >= 15 is 0 Å². The first kappa shape index (κ1) is 13.1. The summed E-state index contributed by atoms with van der Waals surface area (Å²) in [4.78, 5) is 3.80. The standard InChI is InChI=1S/C8H4Cl2IN3O2S/c9-4-1-2-6(11)5(3-4)7-12-8(14-13-7)17(10,15)16/h1-3H,(H,12,13,14). The van der Waals surface area contributed by atoms with Gasteiger partial charge < -0.3 is 0 Å². The molecule has 0 amide bonds. The first-order chi connectivity index (χ1) is 7.88. The van der Waals surface area contributed by atoms with Crippen molar-refractivity contribution in [3.05, 3.63) is 26.8 Å². The van der Waals surface area contributed by atoms with E-state index < -0.39 is 9.05 Å². The van der Waals surface area contributed by atoms with Crippen LogP contribution in [0.2, 0.25) is 5.02 Å². The Kier molecular flexibility index (Phi) is 3.62. The molecule has 0 saturated carbocycles. The smallest absolute Gasteiger partial charge is 0.248 e. The number of rotatable bonds is 2. The van der Waals surface area contributed by atoms with E-state index in [1.165, 1.54) is 0 Å². The van der Waals surface area contributed by atoms with Gasteiger partial charge in [-0.05, 0) is 40.8 Å². The van der Waals surface area contributed by atoms with Crippen LogP contribution >= 0.6 is 44.9 Å². The zero-order valence-electron chi connectivity index (χ0n) is 7.99. The number of aromatic amines is 1. The highest BCUT2D eigenvalue weighted by molar-refractivity contribution is 14.1. The van der Waals surface area contributed by atoms with E-state index in [0.29, 0.717) is 10.6 Å². The average Bonchev–Trinajstić information content (AvgIpc) is 2.70. The van der Waals surface area contributed by atoms with Crippen LogP contribution in [0.4, 0.5) is 0 Å². The maximum absolute atomic E-state index is 11.0. The van der Waals surface area contributed by atoms with Crippen LogP contribution in [0.3, 0.4) is 0 Å². The molecule has 1 aromatic heterocycles. The summed E-state index contributed by atoms with van der Waals surface area (Å²) >= 11 is 7.93. The molecular weight excluding hydrogens is 400 g/mol. The fraction of sp³-hybridized carbons (Fsp3) is 0. The van der Waals surface area contributed by atoms with Crippen molar-refractivity contribution in [2.45, 2.75) is 5.16 Å². The highest BCUT2D eigenvalue weighted by Crippen LogP contribution is 2.26. The second kappa shape index (κ2) is 4.71. The highest BCUT2D eigenvalue weighted by Gasteiger charge is 2.18. The van der Waals surface area contributed by atoms with Gasteiger partial charge in [-0.1, -0.05) is 11.6 Å². The molecule has 0 unspecified atom stereocenters. The molecule has 0 bridgehead atoms. The lowest BCUT2D eigenvalue weighted by molar-refractivity contribution is 0.602. The highest BCUT2D eigenvalue weighted by atomic mass is 127. The Labute approximate surface area is 120 Å². The molecule has 0 aliphatic rings. The topological polar surface area (TPSA) is 75.7 Å². The Morgan fingerprint density at radius 2 is 2.06 bits per heavy atom. The summed E-state index contributed by atoms with van der Waals surface area (Å²) in [5.41, 5.74) is 0.640. The third-order valence-electron chi connectivity index (χ3n) is 1.87. The molecule has 0 aliphatic carbocycles. The van der Waals surface area contributed by atoms with Crippen LogP contribution in [0.15, 0.2) is 23.4 Å². The average molecular weight is 404 g/mol. The van der Waals surface area contributed by atoms with Crippen LogP contribution in [0, 0.1) is 3.57 Å². The van der Waals surface area contributed by atoms with Gasteiger partial charge in [0.2, 0.25) is 0 Å². The molecule has 90 valence electrons. The summed E-state index contributed by atoms with van der Waals surface area (Å²) in [6, 6.07) is 5.15.